The van der Waals surface area contributed by atoms with Crippen LogP contribution in [0, 0.1) is 13.8 Å². The van der Waals surface area contributed by atoms with Gasteiger partial charge >= 0.3 is 6.03 Å². The summed E-state index contributed by atoms with van der Waals surface area (Å²) >= 11 is 0. The summed E-state index contributed by atoms with van der Waals surface area (Å²) in [6.45, 7) is 4.17. The van der Waals surface area contributed by atoms with Crippen molar-refractivity contribution < 1.29 is 4.79 Å². The van der Waals surface area contributed by atoms with Crippen molar-refractivity contribution in [3.8, 4) is 0 Å². The second-order valence-corrected chi connectivity index (χ2v) is 6.16. The lowest BCUT2D eigenvalue weighted by atomic mass is 10.0. The van der Waals surface area contributed by atoms with Gasteiger partial charge < -0.3 is 16.4 Å². The second kappa shape index (κ2) is 7.23. The number of amides is 2. The van der Waals surface area contributed by atoms with Crippen LogP contribution >= 0.6 is 0 Å². The summed E-state index contributed by atoms with van der Waals surface area (Å²) in [4.78, 5) is 11.2. The first-order valence-corrected chi connectivity index (χ1v) is 8.27. The van der Waals surface area contributed by atoms with Crippen LogP contribution in [0.2, 0.25) is 0 Å². The minimum absolute atomic E-state index is 0.501. The van der Waals surface area contributed by atoms with E-state index in [1.54, 1.807) is 19.2 Å². The van der Waals surface area contributed by atoms with Crippen LogP contribution in [0.4, 0.5) is 27.5 Å². The molecule has 0 bridgehead atoms. The number of primary amides is 1. The summed E-state index contributed by atoms with van der Waals surface area (Å²) in [5, 5.41) is 16.5. The number of carbonyl (C=O) groups is 1. The largest absolute Gasteiger partial charge is 0.388 e. The first kappa shape index (κ1) is 17.4. The highest BCUT2D eigenvalue weighted by atomic mass is 16.2. The summed E-state index contributed by atoms with van der Waals surface area (Å²) in [5.74, 6) is 0. The smallest absolute Gasteiger partial charge is 0.316 e. The van der Waals surface area contributed by atoms with Crippen molar-refractivity contribution in [2.75, 3.05) is 17.7 Å². The zero-order valence-electron chi connectivity index (χ0n) is 15.0. The van der Waals surface area contributed by atoms with Gasteiger partial charge in [0.1, 0.15) is 5.69 Å². The Morgan fingerprint density at radius 3 is 2.54 bits per heavy atom. The molecule has 6 nitrogen and oxygen atoms in total. The number of fused-ring (bicyclic) bond motifs is 1. The number of azo groups is 1. The molecule has 0 saturated carbocycles. The molecular weight excluding hydrogens is 326 g/mol. The fourth-order valence-corrected chi connectivity index (χ4v) is 2.90. The molecule has 0 unspecified atom stereocenters. The molecule has 6 heteroatoms. The lowest BCUT2D eigenvalue weighted by Crippen LogP contribution is -2.19. The minimum atomic E-state index is -0.647. The molecule has 0 radical (unpaired) electrons. The number of aryl methyl sites for hydroxylation is 2. The molecule has 0 atom stereocenters. The van der Waals surface area contributed by atoms with Gasteiger partial charge in [0.2, 0.25) is 0 Å². The van der Waals surface area contributed by atoms with Crippen molar-refractivity contribution in [2.45, 2.75) is 13.8 Å². The van der Waals surface area contributed by atoms with Gasteiger partial charge in [-0.3, -0.25) is 0 Å². The predicted molar refractivity (Wildman–Crippen MR) is 107 cm³/mol. The Kier molecular flexibility index (Phi) is 4.84. The van der Waals surface area contributed by atoms with Gasteiger partial charge in [0, 0.05) is 12.7 Å². The molecule has 0 aliphatic carbocycles. The van der Waals surface area contributed by atoms with Crippen LogP contribution in [-0.4, -0.2) is 13.1 Å². The van der Waals surface area contributed by atoms with Crippen LogP contribution in [0.1, 0.15) is 11.1 Å². The first-order valence-electron chi connectivity index (χ1n) is 8.27. The van der Waals surface area contributed by atoms with E-state index in [0.29, 0.717) is 11.4 Å². The number of nitrogens with zero attached hydrogens (tertiary/aromatic N) is 2. The summed E-state index contributed by atoms with van der Waals surface area (Å²) in [7, 11) is 1.80. The third-order valence-electron chi connectivity index (χ3n) is 4.11. The quantitative estimate of drug-likeness (QED) is 0.551. The molecule has 0 aromatic heterocycles. The zero-order chi connectivity index (χ0) is 18.7. The number of carbonyl (C=O) groups excluding carboxylic acids is 1. The van der Waals surface area contributed by atoms with E-state index in [0.717, 1.165) is 16.8 Å². The van der Waals surface area contributed by atoms with Gasteiger partial charge in [0.05, 0.1) is 11.4 Å². The van der Waals surface area contributed by atoms with E-state index in [2.05, 4.69) is 46.8 Å². The third-order valence-corrected chi connectivity index (χ3v) is 4.11. The SMILES string of the molecule is CNc1ccc(N=Nc2ccc3cc(C)cc(C)c3c2)c(NC(N)=O)c1. The first-order chi connectivity index (χ1) is 12.5. The van der Waals surface area contributed by atoms with E-state index in [4.69, 9.17) is 5.73 Å². The monoisotopic (exact) mass is 347 g/mol. The zero-order valence-corrected chi connectivity index (χ0v) is 15.0. The molecule has 0 spiro atoms. The van der Waals surface area contributed by atoms with E-state index < -0.39 is 6.03 Å². The maximum absolute atomic E-state index is 11.2. The minimum Gasteiger partial charge on any atom is -0.388 e. The van der Waals surface area contributed by atoms with Crippen LogP contribution in [0.5, 0.6) is 0 Å². The molecular formula is C20H21N5O. The Morgan fingerprint density at radius 1 is 1.00 bits per heavy atom. The Hall–Kier alpha value is -3.41. The Morgan fingerprint density at radius 2 is 1.81 bits per heavy atom. The van der Waals surface area contributed by atoms with Crippen LogP contribution in [0.3, 0.4) is 0 Å². The number of hydrogen-bond acceptors (Lipinski definition) is 4. The van der Waals surface area contributed by atoms with Crippen LogP contribution in [0.15, 0.2) is 58.8 Å². The molecule has 0 aliphatic rings. The summed E-state index contributed by atoms with van der Waals surface area (Å²) < 4.78 is 0. The number of nitrogens with one attached hydrogen (secondary N) is 2. The average Bonchev–Trinajstić information content (AvgIpc) is 2.60. The molecule has 132 valence electrons. The van der Waals surface area contributed by atoms with Gasteiger partial charge in [0.25, 0.3) is 0 Å². The third kappa shape index (κ3) is 3.80. The molecule has 0 aliphatic heterocycles. The van der Waals surface area contributed by atoms with Crippen LogP contribution in [-0.2, 0) is 0 Å². The molecule has 26 heavy (non-hydrogen) atoms. The van der Waals surface area contributed by atoms with Crippen molar-refractivity contribution in [3.63, 3.8) is 0 Å². The number of rotatable bonds is 4. The topological polar surface area (TPSA) is 91.9 Å². The number of anilines is 2. The van der Waals surface area contributed by atoms with E-state index in [-0.39, 0.29) is 0 Å². The van der Waals surface area contributed by atoms with E-state index >= 15 is 0 Å². The van der Waals surface area contributed by atoms with Crippen molar-refractivity contribution in [1.82, 2.24) is 0 Å². The molecule has 3 aromatic carbocycles. The van der Waals surface area contributed by atoms with Gasteiger partial charge in [0.15, 0.2) is 0 Å². The van der Waals surface area contributed by atoms with Gasteiger partial charge in [-0.2, -0.15) is 5.11 Å². The van der Waals surface area contributed by atoms with Crippen molar-refractivity contribution in [1.29, 1.82) is 0 Å². The molecule has 2 amide bonds. The van der Waals surface area contributed by atoms with Gasteiger partial charge in [-0.05, 0) is 60.5 Å². The molecule has 3 rings (SSSR count). The second-order valence-electron chi connectivity index (χ2n) is 6.16. The predicted octanol–water partition coefficient (Wildman–Crippen LogP) is 5.40. The van der Waals surface area contributed by atoms with Crippen molar-refractivity contribution in [3.05, 3.63) is 59.7 Å². The van der Waals surface area contributed by atoms with Crippen molar-refractivity contribution >= 4 is 39.6 Å². The molecule has 3 aromatic rings. The number of hydrogen-bond donors (Lipinski definition) is 3. The Bertz CT molecular complexity index is 1010. The summed E-state index contributed by atoms with van der Waals surface area (Å²) in [5.41, 5.74) is 10.3. The molecule has 4 N–H and O–H groups in total. The van der Waals surface area contributed by atoms with Crippen LogP contribution in [0.25, 0.3) is 10.8 Å². The molecule has 0 heterocycles. The fraction of sp³-hybridized carbons (Fsp3) is 0.150. The molecule has 0 saturated heterocycles. The maximum atomic E-state index is 11.2. The van der Waals surface area contributed by atoms with Gasteiger partial charge in [-0.1, -0.05) is 23.8 Å². The lowest BCUT2D eigenvalue weighted by Gasteiger charge is -2.08. The number of urea groups is 1. The summed E-state index contributed by atoms with van der Waals surface area (Å²) in [6, 6.07) is 15.0. The maximum Gasteiger partial charge on any atom is 0.316 e. The Balaban J connectivity index is 1.97. The van der Waals surface area contributed by atoms with E-state index in [1.807, 2.05) is 24.3 Å². The average molecular weight is 347 g/mol. The fourth-order valence-electron chi connectivity index (χ4n) is 2.90. The van der Waals surface area contributed by atoms with E-state index in [9.17, 15) is 4.79 Å². The number of nitrogens with two attached hydrogens (primary N) is 1. The molecule has 0 fully saturated rings. The standard InChI is InChI=1S/C20H21N5O/c1-12-8-13(2)17-10-16(5-4-14(17)9-12)24-25-18-7-6-15(22-3)11-19(18)23-20(21)26/h4-11,22H,1-3H3,(H3,21,23,26). The highest BCUT2D eigenvalue weighted by Gasteiger charge is 2.06. The van der Waals surface area contributed by atoms with E-state index in [1.165, 1.54) is 16.5 Å². The van der Waals surface area contributed by atoms with Crippen molar-refractivity contribution in [2.24, 2.45) is 16.0 Å². The van der Waals surface area contributed by atoms with Crippen LogP contribution < -0.4 is 16.4 Å². The highest BCUT2D eigenvalue weighted by molar-refractivity contribution is 5.92. The highest BCUT2D eigenvalue weighted by Crippen LogP contribution is 2.31. The normalized spacial score (nSPS) is 11.0. The van der Waals surface area contributed by atoms with Gasteiger partial charge in [-0.25, -0.2) is 4.79 Å². The van der Waals surface area contributed by atoms with Gasteiger partial charge in [-0.15, -0.1) is 5.11 Å². The number of benzene rings is 3. The summed E-state index contributed by atoms with van der Waals surface area (Å²) in [6.07, 6.45) is 0. The Labute approximate surface area is 152 Å². The lowest BCUT2D eigenvalue weighted by molar-refractivity contribution is 0.259.